The number of hydrogen-bond donors (Lipinski definition) is 1. The summed E-state index contributed by atoms with van der Waals surface area (Å²) >= 11 is 0. The SMILES string of the molecule is COc1ccc(C)cc1C(C)NC(=O)c1ccn(C)c(=O)c1. The molecule has 1 atom stereocenters. The van der Waals surface area contributed by atoms with Gasteiger partial charge in [0, 0.05) is 30.4 Å². The second kappa shape index (κ2) is 6.47. The number of benzene rings is 1. The van der Waals surface area contributed by atoms with Crippen LogP contribution in [0.4, 0.5) is 0 Å². The van der Waals surface area contributed by atoms with Crippen LogP contribution in [0, 0.1) is 6.92 Å². The van der Waals surface area contributed by atoms with E-state index in [1.807, 2.05) is 32.0 Å². The molecule has 0 aliphatic heterocycles. The molecule has 1 N–H and O–H groups in total. The van der Waals surface area contributed by atoms with Crippen LogP contribution in [0.2, 0.25) is 0 Å². The van der Waals surface area contributed by atoms with Gasteiger partial charge < -0.3 is 14.6 Å². The van der Waals surface area contributed by atoms with Crippen molar-refractivity contribution in [3.63, 3.8) is 0 Å². The summed E-state index contributed by atoms with van der Waals surface area (Å²) in [7, 11) is 3.24. The molecule has 0 bridgehead atoms. The molecule has 1 aromatic heterocycles. The van der Waals surface area contributed by atoms with Crippen LogP contribution in [-0.4, -0.2) is 17.6 Å². The Balaban J connectivity index is 2.22. The van der Waals surface area contributed by atoms with Gasteiger partial charge in [0.25, 0.3) is 11.5 Å². The maximum absolute atomic E-state index is 12.3. The number of nitrogens with one attached hydrogen (secondary N) is 1. The zero-order valence-corrected chi connectivity index (χ0v) is 13.2. The molecule has 5 nitrogen and oxygen atoms in total. The molecule has 2 rings (SSSR count). The molecule has 1 unspecified atom stereocenters. The standard InChI is InChI=1S/C17H20N2O3/c1-11-5-6-15(22-4)14(9-11)12(2)18-17(21)13-7-8-19(3)16(20)10-13/h5-10,12H,1-4H3,(H,18,21). The summed E-state index contributed by atoms with van der Waals surface area (Å²) in [5.74, 6) is 0.441. The lowest BCUT2D eigenvalue weighted by molar-refractivity contribution is 0.0939. The molecule has 1 amide bonds. The highest BCUT2D eigenvalue weighted by Gasteiger charge is 2.15. The molecule has 0 fully saturated rings. The number of hydrogen-bond acceptors (Lipinski definition) is 3. The van der Waals surface area contributed by atoms with Gasteiger partial charge in [0.05, 0.1) is 13.2 Å². The van der Waals surface area contributed by atoms with E-state index in [9.17, 15) is 9.59 Å². The Labute approximate surface area is 129 Å². The molecule has 0 aliphatic rings. The zero-order chi connectivity index (χ0) is 16.3. The third-order valence-electron chi connectivity index (χ3n) is 3.57. The highest BCUT2D eigenvalue weighted by Crippen LogP contribution is 2.26. The van der Waals surface area contributed by atoms with E-state index in [1.54, 1.807) is 26.4 Å². The van der Waals surface area contributed by atoms with Crippen LogP contribution in [0.3, 0.4) is 0 Å². The normalized spacial score (nSPS) is 11.8. The van der Waals surface area contributed by atoms with Crippen LogP contribution >= 0.6 is 0 Å². The monoisotopic (exact) mass is 300 g/mol. The molecule has 0 saturated heterocycles. The quantitative estimate of drug-likeness (QED) is 0.941. The molecule has 0 saturated carbocycles. The molecule has 2 aromatic rings. The molecule has 0 radical (unpaired) electrons. The first kappa shape index (κ1) is 15.8. The van der Waals surface area contributed by atoms with E-state index >= 15 is 0 Å². The van der Waals surface area contributed by atoms with Crippen molar-refractivity contribution in [3.8, 4) is 5.75 Å². The number of pyridine rings is 1. The summed E-state index contributed by atoms with van der Waals surface area (Å²) in [5, 5.41) is 2.89. The molecular weight excluding hydrogens is 280 g/mol. The zero-order valence-electron chi connectivity index (χ0n) is 13.2. The van der Waals surface area contributed by atoms with Crippen molar-refractivity contribution in [3.05, 3.63) is 63.6 Å². The summed E-state index contributed by atoms with van der Waals surface area (Å²) in [4.78, 5) is 23.9. The van der Waals surface area contributed by atoms with Gasteiger partial charge in [-0.2, -0.15) is 0 Å². The molecule has 116 valence electrons. The van der Waals surface area contributed by atoms with Crippen molar-refractivity contribution in [2.75, 3.05) is 7.11 Å². The minimum absolute atomic E-state index is 0.214. The van der Waals surface area contributed by atoms with Gasteiger partial charge >= 0.3 is 0 Å². The maximum atomic E-state index is 12.3. The van der Waals surface area contributed by atoms with Crippen LogP contribution < -0.4 is 15.6 Å². The first-order valence-electron chi connectivity index (χ1n) is 7.04. The van der Waals surface area contributed by atoms with Gasteiger partial charge in [-0.05, 0) is 26.0 Å². The summed E-state index contributed by atoms with van der Waals surface area (Å²) in [6.07, 6.45) is 1.58. The first-order valence-corrected chi connectivity index (χ1v) is 7.04. The fourth-order valence-electron chi connectivity index (χ4n) is 2.24. The number of methoxy groups -OCH3 is 1. The molecular formula is C17H20N2O3. The Morgan fingerprint density at radius 1 is 1.27 bits per heavy atom. The van der Waals surface area contributed by atoms with Crippen LogP contribution in [0.5, 0.6) is 5.75 Å². The van der Waals surface area contributed by atoms with E-state index in [4.69, 9.17) is 4.74 Å². The number of rotatable bonds is 4. The van der Waals surface area contributed by atoms with Crippen LogP contribution in [-0.2, 0) is 7.05 Å². The fourth-order valence-corrected chi connectivity index (χ4v) is 2.24. The lowest BCUT2D eigenvalue weighted by Crippen LogP contribution is -2.28. The molecule has 0 spiro atoms. The smallest absolute Gasteiger partial charge is 0.252 e. The minimum Gasteiger partial charge on any atom is -0.496 e. The minimum atomic E-state index is -0.284. The average molecular weight is 300 g/mol. The van der Waals surface area contributed by atoms with Gasteiger partial charge in [-0.1, -0.05) is 17.7 Å². The number of amides is 1. The average Bonchev–Trinajstić information content (AvgIpc) is 2.49. The number of ether oxygens (including phenoxy) is 1. The lowest BCUT2D eigenvalue weighted by atomic mass is 10.0. The number of aromatic nitrogens is 1. The predicted octanol–water partition coefficient (Wildman–Crippen LogP) is 2.19. The van der Waals surface area contributed by atoms with E-state index in [0.29, 0.717) is 5.56 Å². The molecule has 5 heteroatoms. The van der Waals surface area contributed by atoms with Crippen molar-refractivity contribution in [1.82, 2.24) is 9.88 Å². The Hall–Kier alpha value is -2.56. The number of carbonyl (C=O) groups excluding carboxylic acids is 1. The highest BCUT2D eigenvalue weighted by molar-refractivity contribution is 5.94. The van der Waals surface area contributed by atoms with Gasteiger partial charge in [-0.3, -0.25) is 9.59 Å². The van der Waals surface area contributed by atoms with Gasteiger partial charge in [0.15, 0.2) is 0 Å². The molecule has 22 heavy (non-hydrogen) atoms. The Kier molecular flexibility index (Phi) is 4.65. The summed E-state index contributed by atoms with van der Waals surface area (Å²) in [5.41, 5.74) is 2.13. The second-order valence-corrected chi connectivity index (χ2v) is 5.31. The summed E-state index contributed by atoms with van der Waals surface area (Å²) < 4.78 is 6.76. The van der Waals surface area contributed by atoms with Crippen molar-refractivity contribution < 1.29 is 9.53 Å². The fraction of sp³-hybridized carbons (Fsp3) is 0.294. The third kappa shape index (κ3) is 3.36. The summed E-state index contributed by atoms with van der Waals surface area (Å²) in [6, 6.07) is 8.54. The van der Waals surface area contributed by atoms with E-state index in [2.05, 4.69) is 5.32 Å². The maximum Gasteiger partial charge on any atom is 0.252 e. The van der Waals surface area contributed by atoms with Crippen LogP contribution in [0.15, 0.2) is 41.3 Å². The second-order valence-electron chi connectivity index (χ2n) is 5.31. The Morgan fingerprint density at radius 2 is 2.00 bits per heavy atom. The van der Waals surface area contributed by atoms with Gasteiger partial charge in [-0.25, -0.2) is 0 Å². The molecule has 1 heterocycles. The molecule has 1 aromatic carbocycles. The third-order valence-corrected chi connectivity index (χ3v) is 3.57. The van der Waals surface area contributed by atoms with Crippen molar-refractivity contribution >= 4 is 5.91 Å². The topological polar surface area (TPSA) is 60.3 Å². The van der Waals surface area contributed by atoms with Crippen LogP contribution in [0.25, 0.3) is 0 Å². The molecule has 0 aliphatic carbocycles. The van der Waals surface area contributed by atoms with Gasteiger partial charge in [0.2, 0.25) is 0 Å². The van der Waals surface area contributed by atoms with E-state index in [1.165, 1.54) is 10.6 Å². The Morgan fingerprint density at radius 3 is 2.64 bits per heavy atom. The largest absolute Gasteiger partial charge is 0.496 e. The van der Waals surface area contributed by atoms with Gasteiger partial charge in [-0.15, -0.1) is 0 Å². The number of carbonyl (C=O) groups is 1. The highest BCUT2D eigenvalue weighted by atomic mass is 16.5. The van der Waals surface area contributed by atoms with Crippen molar-refractivity contribution in [1.29, 1.82) is 0 Å². The number of aryl methyl sites for hydroxylation is 2. The van der Waals surface area contributed by atoms with Crippen molar-refractivity contribution in [2.24, 2.45) is 7.05 Å². The van der Waals surface area contributed by atoms with E-state index in [-0.39, 0.29) is 17.5 Å². The summed E-state index contributed by atoms with van der Waals surface area (Å²) in [6.45, 7) is 3.87. The predicted molar refractivity (Wildman–Crippen MR) is 85.3 cm³/mol. The van der Waals surface area contributed by atoms with Crippen LogP contribution in [0.1, 0.15) is 34.5 Å². The van der Waals surface area contributed by atoms with Gasteiger partial charge in [0.1, 0.15) is 5.75 Å². The van der Waals surface area contributed by atoms with E-state index < -0.39 is 0 Å². The lowest BCUT2D eigenvalue weighted by Gasteiger charge is -2.18. The van der Waals surface area contributed by atoms with E-state index in [0.717, 1.165) is 16.9 Å². The number of nitrogens with zero attached hydrogens (tertiary/aromatic N) is 1. The first-order chi connectivity index (χ1) is 10.4. The Bertz CT molecular complexity index is 750. The van der Waals surface area contributed by atoms with Crippen molar-refractivity contribution in [2.45, 2.75) is 19.9 Å².